The van der Waals surface area contributed by atoms with E-state index >= 15 is 0 Å². The number of aromatic nitrogens is 1. The van der Waals surface area contributed by atoms with E-state index in [1.165, 1.54) is 0 Å². The summed E-state index contributed by atoms with van der Waals surface area (Å²) in [6.07, 6.45) is 3.74. The zero-order valence-electron chi connectivity index (χ0n) is 9.92. The van der Waals surface area contributed by atoms with Crippen molar-refractivity contribution in [1.29, 1.82) is 0 Å². The fraction of sp³-hybridized carbons (Fsp3) is 0.500. The predicted molar refractivity (Wildman–Crippen MR) is 65.6 cm³/mol. The van der Waals surface area contributed by atoms with Crippen molar-refractivity contribution in [1.82, 2.24) is 10.3 Å². The summed E-state index contributed by atoms with van der Waals surface area (Å²) in [4.78, 5) is 15.8. The SMILES string of the molecule is CCCCNC(=O)c1ccnc(NCC)c1. The number of nitrogens with one attached hydrogen (secondary N) is 2. The molecular formula is C12H19N3O. The summed E-state index contributed by atoms with van der Waals surface area (Å²) >= 11 is 0. The number of nitrogens with zero attached hydrogens (tertiary/aromatic N) is 1. The van der Waals surface area contributed by atoms with E-state index in [0.29, 0.717) is 5.56 Å². The van der Waals surface area contributed by atoms with Gasteiger partial charge in [-0.15, -0.1) is 0 Å². The Balaban J connectivity index is 2.57. The van der Waals surface area contributed by atoms with Gasteiger partial charge in [0.1, 0.15) is 5.82 Å². The largest absolute Gasteiger partial charge is 0.370 e. The molecule has 1 aromatic heterocycles. The summed E-state index contributed by atoms with van der Waals surface area (Å²) in [6, 6.07) is 3.49. The lowest BCUT2D eigenvalue weighted by Crippen LogP contribution is -2.24. The van der Waals surface area contributed by atoms with E-state index in [9.17, 15) is 4.79 Å². The first-order valence-corrected chi connectivity index (χ1v) is 5.76. The van der Waals surface area contributed by atoms with E-state index in [-0.39, 0.29) is 5.91 Å². The van der Waals surface area contributed by atoms with Crippen molar-refractivity contribution in [3.05, 3.63) is 23.9 Å². The molecule has 0 saturated heterocycles. The van der Waals surface area contributed by atoms with Crippen LogP contribution in [0.1, 0.15) is 37.0 Å². The van der Waals surface area contributed by atoms with Gasteiger partial charge in [0.05, 0.1) is 0 Å². The number of carbonyl (C=O) groups is 1. The summed E-state index contributed by atoms with van der Waals surface area (Å²) in [6.45, 7) is 5.62. The molecule has 0 bridgehead atoms. The third kappa shape index (κ3) is 3.88. The zero-order valence-corrected chi connectivity index (χ0v) is 9.92. The quantitative estimate of drug-likeness (QED) is 0.723. The van der Waals surface area contributed by atoms with Crippen LogP contribution in [0.25, 0.3) is 0 Å². The number of amides is 1. The molecule has 0 aliphatic carbocycles. The molecule has 1 heterocycles. The van der Waals surface area contributed by atoms with Crippen LogP contribution in [-0.2, 0) is 0 Å². The van der Waals surface area contributed by atoms with Crippen LogP contribution in [0.2, 0.25) is 0 Å². The van der Waals surface area contributed by atoms with Crippen molar-refractivity contribution >= 4 is 11.7 Å². The van der Waals surface area contributed by atoms with Gasteiger partial charge in [-0.1, -0.05) is 13.3 Å². The first-order valence-electron chi connectivity index (χ1n) is 5.76. The molecule has 88 valence electrons. The van der Waals surface area contributed by atoms with Crippen molar-refractivity contribution in [3.8, 4) is 0 Å². The van der Waals surface area contributed by atoms with Gasteiger partial charge in [-0.3, -0.25) is 4.79 Å². The van der Waals surface area contributed by atoms with Gasteiger partial charge < -0.3 is 10.6 Å². The average Bonchev–Trinajstić information content (AvgIpc) is 2.30. The lowest BCUT2D eigenvalue weighted by molar-refractivity contribution is 0.0953. The summed E-state index contributed by atoms with van der Waals surface area (Å²) < 4.78 is 0. The number of hydrogen-bond donors (Lipinski definition) is 2. The molecule has 16 heavy (non-hydrogen) atoms. The molecule has 0 radical (unpaired) electrons. The third-order valence-corrected chi connectivity index (χ3v) is 2.20. The minimum absolute atomic E-state index is 0.0324. The number of pyridine rings is 1. The minimum atomic E-state index is -0.0324. The van der Waals surface area contributed by atoms with Crippen molar-refractivity contribution < 1.29 is 4.79 Å². The molecular weight excluding hydrogens is 202 g/mol. The van der Waals surface area contributed by atoms with Gasteiger partial charge in [-0.2, -0.15) is 0 Å². The van der Waals surface area contributed by atoms with E-state index in [1.807, 2.05) is 6.92 Å². The fourth-order valence-corrected chi connectivity index (χ4v) is 1.33. The van der Waals surface area contributed by atoms with Gasteiger partial charge in [-0.05, 0) is 25.5 Å². The minimum Gasteiger partial charge on any atom is -0.370 e. The summed E-state index contributed by atoms with van der Waals surface area (Å²) in [5, 5.41) is 5.95. The number of hydrogen-bond acceptors (Lipinski definition) is 3. The fourth-order valence-electron chi connectivity index (χ4n) is 1.33. The Kier molecular flexibility index (Phi) is 5.32. The molecule has 0 saturated carbocycles. The van der Waals surface area contributed by atoms with Crippen LogP contribution >= 0.6 is 0 Å². The lowest BCUT2D eigenvalue weighted by Gasteiger charge is -2.06. The topological polar surface area (TPSA) is 54.0 Å². The third-order valence-electron chi connectivity index (χ3n) is 2.20. The van der Waals surface area contributed by atoms with Crippen LogP contribution in [0.15, 0.2) is 18.3 Å². The highest BCUT2D eigenvalue weighted by Crippen LogP contribution is 2.06. The van der Waals surface area contributed by atoms with E-state index < -0.39 is 0 Å². The van der Waals surface area contributed by atoms with Gasteiger partial charge in [-0.25, -0.2) is 4.98 Å². The molecule has 1 rings (SSSR count). The van der Waals surface area contributed by atoms with E-state index in [0.717, 1.165) is 31.7 Å². The Hall–Kier alpha value is -1.58. The molecule has 0 atom stereocenters. The maximum atomic E-state index is 11.7. The van der Waals surface area contributed by atoms with Crippen LogP contribution in [0, 0.1) is 0 Å². The predicted octanol–water partition coefficient (Wildman–Crippen LogP) is 2.04. The summed E-state index contributed by atoms with van der Waals surface area (Å²) in [5.41, 5.74) is 0.655. The Morgan fingerprint density at radius 3 is 2.94 bits per heavy atom. The standard InChI is InChI=1S/C12H19N3O/c1-3-5-7-15-12(16)10-6-8-14-11(9-10)13-4-2/h6,8-9H,3-5,7H2,1-2H3,(H,13,14)(H,15,16). The Bertz CT molecular complexity index is 339. The first-order chi connectivity index (χ1) is 7.77. The van der Waals surface area contributed by atoms with Crippen LogP contribution in [0.5, 0.6) is 0 Å². The summed E-state index contributed by atoms with van der Waals surface area (Å²) in [5.74, 6) is 0.709. The average molecular weight is 221 g/mol. The maximum Gasteiger partial charge on any atom is 0.251 e. The number of carbonyl (C=O) groups excluding carboxylic acids is 1. The lowest BCUT2D eigenvalue weighted by atomic mass is 10.2. The van der Waals surface area contributed by atoms with Crippen LogP contribution in [0.3, 0.4) is 0 Å². The number of anilines is 1. The van der Waals surface area contributed by atoms with Gasteiger partial charge in [0.2, 0.25) is 0 Å². The smallest absolute Gasteiger partial charge is 0.251 e. The van der Waals surface area contributed by atoms with Crippen molar-refractivity contribution in [2.75, 3.05) is 18.4 Å². The number of unbranched alkanes of at least 4 members (excludes halogenated alkanes) is 1. The summed E-state index contributed by atoms with van der Waals surface area (Å²) in [7, 11) is 0. The van der Waals surface area contributed by atoms with Crippen LogP contribution < -0.4 is 10.6 Å². The Morgan fingerprint density at radius 1 is 1.44 bits per heavy atom. The molecule has 0 unspecified atom stereocenters. The molecule has 2 N–H and O–H groups in total. The molecule has 0 aliphatic heterocycles. The maximum absolute atomic E-state index is 11.7. The van der Waals surface area contributed by atoms with Gasteiger partial charge in [0.15, 0.2) is 0 Å². The number of rotatable bonds is 6. The van der Waals surface area contributed by atoms with Crippen LogP contribution in [-0.4, -0.2) is 24.0 Å². The van der Waals surface area contributed by atoms with Gasteiger partial charge in [0.25, 0.3) is 5.91 Å². The second kappa shape index (κ2) is 6.82. The Morgan fingerprint density at radius 2 is 2.25 bits per heavy atom. The van der Waals surface area contributed by atoms with Crippen molar-refractivity contribution in [2.24, 2.45) is 0 Å². The van der Waals surface area contributed by atoms with Crippen molar-refractivity contribution in [3.63, 3.8) is 0 Å². The first kappa shape index (κ1) is 12.5. The molecule has 0 aliphatic rings. The molecule has 1 aromatic rings. The molecule has 0 spiro atoms. The highest BCUT2D eigenvalue weighted by molar-refractivity contribution is 5.94. The highest BCUT2D eigenvalue weighted by atomic mass is 16.1. The zero-order chi connectivity index (χ0) is 11.8. The second-order valence-electron chi connectivity index (χ2n) is 3.57. The molecule has 4 nitrogen and oxygen atoms in total. The second-order valence-corrected chi connectivity index (χ2v) is 3.57. The normalized spacial score (nSPS) is 9.88. The van der Waals surface area contributed by atoms with Gasteiger partial charge >= 0.3 is 0 Å². The Labute approximate surface area is 96.5 Å². The van der Waals surface area contributed by atoms with E-state index in [1.54, 1.807) is 18.3 Å². The monoisotopic (exact) mass is 221 g/mol. The highest BCUT2D eigenvalue weighted by Gasteiger charge is 2.05. The molecule has 4 heteroatoms. The van der Waals surface area contributed by atoms with E-state index in [2.05, 4.69) is 22.5 Å². The van der Waals surface area contributed by atoms with Crippen LogP contribution in [0.4, 0.5) is 5.82 Å². The molecule has 0 fully saturated rings. The molecule has 1 amide bonds. The van der Waals surface area contributed by atoms with Gasteiger partial charge in [0, 0.05) is 24.8 Å². The molecule has 0 aromatic carbocycles. The van der Waals surface area contributed by atoms with E-state index in [4.69, 9.17) is 0 Å². The van der Waals surface area contributed by atoms with Crippen molar-refractivity contribution in [2.45, 2.75) is 26.7 Å².